The van der Waals surface area contributed by atoms with Gasteiger partial charge in [0.05, 0.1) is 17.8 Å². The summed E-state index contributed by atoms with van der Waals surface area (Å²) in [7, 11) is 0. The average Bonchev–Trinajstić information content (AvgIpc) is 2.99. The van der Waals surface area contributed by atoms with Crippen molar-refractivity contribution in [2.75, 3.05) is 26.3 Å². The van der Waals surface area contributed by atoms with Crippen molar-refractivity contribution in [2.24, 2.45) is 0 Å². The maximum absolute atomic E-state index is 11.9. The van der Waals surface area contributed by atoms with Crippen molar-refractivity contribution in [3.8, 4) is 0 Å². The van der Waals surface area contributed by atoms with Crippen molar-refractivity contribution in [2.45, 2.75) is 32.7 Å². The SMILES string of the molecule is CCOC(=O)N1CCC(NC(=O)COC(=O)c2scnc2C)CC1. The van der Waals surface area contributed by atoms with Crippen LogP contribution in [0, 0.1) is 6.92 Å². The summed E-state index contributed by atoms with van der Waals surface area (Å²) in [5.74, 6) is -0.887. The van der Waals surface area contributed by atoms with E-state index in [-0.39, 0.29) is 24.6 Å². The standard InChI is InChI=1S/C15H21N3O5S/c1-3-22-15(21)18-6-4-11(5-7-18)17-12(19)8-23-14(20)13-10(2)16-9-24-13/h9,11H,3-8H2,1-2H3,(H,17,19). The van der Waals surface area contributed by atoms with Gasteiger partial charge in [-0.2, -0.15) is 0 Å². The minimum atomic E-state index is -0.540. The van der Waals surface area contributed by atoms with Gasteiger partial charge in [0.1, 0.15) is 4.88 Å². The molecule has 0 aliphatic carbocycles. The first-order valence-corrected chi connectivity index (χ1v) is 8.67. The Kier molecular flexibility index (Phi) is 6.53. The first kappa shape index (κ1) is 18.2. The summed E-state index contributed by atoms with van der Waals surface area (Å²) in [6.45, 7) is 4.56. The number of nitrogens with zero attached hydrogens (tertiary/aromatic N) is 2. The third-order valence-electron chi connectivity index (χ3n) is 3.65. The molecule has 1 N–H and O–H groups in total. The molecule has 1 aliphatic heterocycles. The zero-order valence-corrected chi connectivity index (χ0v) is 14.6. The fourth-order valence-electron chi connectivity index (χ4n) is 2.38. The molecule has 2 amide bonds. The Bertz CT molecular complexity index is 596. The van der Waals surface area contributed by atoms with Crippen molar-refractivity contribution in [1.29, 1.82) is 0 Å². The summed E-state index contributed by atoms with van der Waals surface area (Å²) in [6, 6.07) is -0.0352. The van der Waals surface area contributed by atoms with E-state index >= 15 is 0 Å². The number of aryl methyl sites for hydroxylation is 1. The monoisotopic (exact) mass is 355 g/mol. The molecule has 9 heteroatoms. The van der Waals surface area contributed by atoms with Crippen LogP contribution >= 0.6 is 11.3 Å². The zero-order chi connectivity index (χ0) is 17.5. The number of hydrogen-bond donors (Lipinski definition) is 1. The lowest BCUT2D eigenvalue weighted by atomic mass is 10.1. The van der Waals surface area contributed by atoms with E-state index in [0.29, 0.717) is 43.1 Å². The summed E-state index contributed by atoms with van der Waals surface area (Å²) in [6.07, 6.45) is 0.968. The number of carbonyl (C=O) groups is 3. The largest absolute Gasteiger partial charge is 0.451 e. The van der Waals surface area contributed by atoms with E-state index in [4.69, 9.17) is 9.47 Å². The van der Waals surface area contributed by atoms with Crippen molar-refractivity contribution < 1.29 is 23.9 Å². The Morgan fingerprint density at radius 2 is 2.04 bits per heavy atom. The molecule has 0 radical (unpaired) electrons. The van der Waals surface area contributed by atoms with Crippen LogP contribution < -0.4 is 5.32 Å². The summed E-state index contributed by atoms with van der Waals surface area (Å²) >= 11 is 1.19. The maximum Gasteiger partial charge on any atom is 0.409 e. The Balaban J connectivity index is 1.69. The Hall–Kier alpha value is -2.16. The van der Waals surface area contributed by atoms with Gasteiger partial charge < -0.3 is 19.7 Å². The molecule has 1 aliphatic rings. The van der Waals surface area contributed by atoms with Crippen LogP contribution in [0.15, 0.2) is 5.51 Å². The molecule has 1 saturated heterocycles. The lowest BCUT2D eigenvalue weighted by Gasteiger charge is -2.31. The highest BCUT2D eigenvalue weighted by Crippen LogP contribution is 2.14. The van der Waals surface area contributed by atoms with Crippen LogP contribution in [-0.4, -0.2) is 60.2 Å². The van der Waals surface area contributed by atoms with Crippen LogP contribution in [0.5, 0.6) is 0 Å². The van der Waals surface area contributed by atoms with Gasteiger partial charge >= 0.3 is 12.1 Å². The van der Waals surface area contributed by atoms with Crippen molar-refractivity contribution in [3.63, 3.8) is 0 Å². The molecule has 1 fully saturated rings. The van der Waals surface area contributed by atoms with E-state index in [1.165, 1.54) is 11.3 Å². The number of carbonyl (C=O) groups excluding carboxylic acids is 3. The second kappa shape index (κ2) is 8.62. The van der Waals surface area contributed by atoms with E-state index < -0.39 is 5.97 Å². The molecule has 0 aromatic carbocycles. The number of thiazole rings is 1. The van der Waals surface area contributed by atoms with Gasteiger partial charge in [-0.15, -0.1) is 11.3 Å². The van der Waals surface area contributed by atoms with E-state index in [1.54, 1.807) is 24.3 Å². The molecule has 0 bridgehead atoms. The zero-order valence-electron chi connectivity index (χ0n) is 13.7. The minimum absolute atomic E-state index is 0.0352. The molecular formula is C15H21N3O5S. The third-order valence-corrected chi connectivity index (χ3v) is 4.56. The number of hydrogen-bond acceptors (Lipinski definition) is 7. The van der Waals surface area contributed by atoms with Gasteiger partial charge in [-0.05, 0) is 26.7 Å². The first-order chi connectivity index (χ1) is 11.5. The number of likely N-dealkylation sites (tertiary alicyclic amines) is 1. The summed E-state index contributed by atoms with van der Waals surface area (Å²) in [4.78, 5) is 41.3. The van der Waals surface area contributed by atoms with Crippen molar-refractivity contribution in [1.82, 2.24) is 15.2 Å². The quantitative estimate of drug-likeness (QED) is 0.801. The number of piperidine rings is 1. The average molecular weight is 355 g/mol. The van der Waals surface area contributed by atoms with E-state index in [2.05, 4.69) is 10.3 Å². The van der Waals surface area contributed by atoms with Crippen molar-refractivity contribution >= 4 is 29.3 Å². The highest BCUT2D eigenvalue weighted by molar-refractivity contribution is 7.11. The lowest BCUT2D eigenvalue weighted by Crippen LogP contribution is -2.47. The normalized spacial score (nSPS) is 15.0. The smallest absolute Gasteiger partial charge is 0.409 e. The Morgan fingerprint density at radius 1 is 1.33 bits per heavy atom. The Labute approximate surface area is 144 Å². The summed E-state index contributed by atoms with van der Waals surface area (Å²) < 4.78 is 9.94. The van der Waals surface area contributed by atoms with Gasteiger partial charge in [-0.25, -0.2) is 14.6 Å². The molecule has 132 valence electrons. The molecule has 0 atom stereocenters. The summed E-state index contributed by atoms with van der Waals surface area (Å²) in [5.41, 5.74) is 2.15. The fourth-order valence-corrected chi connectivity index (χ4v) is 3.08. The van der Waals surface area contributed by atoms with Crippen LogP contribution in [0.4, 0.5) is 4.79 Å². The first-order valence-electron chi connectivity index (χ1n) is 7.79. The van der Waals surface area contributed by atoms with E-state index in [1.807, 2.05) is 0 Å². The van der Waals surface area contributed by atoms with Gasteiger partial charge in [-0.1, -0.05) is 0 Å². The highest BCUT2D eigenvalue weighted by atomic mass is 32.1. The number of ether oxygens (including phenoxy) is 2. The second-order valence-corrected chi connectivity index (χ2v) is 6.23. The van der Waals surface area contributed by atoms with Crippen LogP contribution in [0.3, 0.4) is 0 Å². The van der Waals surface area contributed by atoms with Gasteiger partial charge in [0.25, 0.3) is 5.91 Å². The minimum Gasteiger partial charge on any atom is -0.451 e. The molecule has 2 heterocycles. The molecule has 0 unspecified atom stereocenters. The summed E-state index contributed by atoms with van der Waals surface area (Å²) in [5, 5.41) is 2.82. The number of aromatic nitrogens is 1. The van der Waals surface area contributed by atoms with Crippen LogP contribution in [-0.2, 0) is 14.3 Å². The van der Waals surface area contributed by atoms with Gasteiger partial charge in [-0.3, -0.25) is 4.79 Å². The van der Waals surface area contributed by atoms with E-state index in [9.17, 15) is 14.4 Å². The number of esters is 1. The molecule has 1 aromatic rings. The molecule has 24 heavy (non-hydrogen) atoms. The predicted molar refractivity (Wildman–Crippen MR) is 86.9 cm³/mol. The highest BCUT2D eigenvalue weighted by Gasteiger charge is 2.25. The van der Waals surface area contributed by atoms with Gasteiger partial charge in [0.15, 0.2) is 6.61 Å². The van der Waals surface area contributed by atoms with Gasteiger partial charge in [0.2, 0.25) is 0 Å². The second-order valence-electron chi connectivity index (χ2n) is 5.37. The number of nitrogens with one attached hydrogen (secondary N) is 1. The van der Waals surface area contributed by atoms with Crippen LogP contribution in [0.1, 0.15) is 35.1 Å². The molecule has 8 nitrogen and oxygen atoms in total. The number of rotatable bonds is 5. The topological polar surface area (TPSA) is 97.8 Å². The molecule has 2 rings (SSSR count). The molecule has 0 spiro atoms. The lowest BCUT2D eigenvalue weighted by molar-refractivity contribution is -0.125. The van der Waals surface area contributed by atoms with Crippen LogP contribution in [0.2, 0.25) is 0 Å². The Morgan fingerprint density at radius 3 is 2.62 bits per heavy atom. The third kappa shape index (κ3) is 4.92. The molecule has 0 saturated carbocycles. The maximum atomic E-state index is 11.9. The predicted octanol–water partition coefficient (Wildman–Crippen LogP) is 1.35. The number of amides is 2. The molecular weight excluding hydrogens is 334 g/mol. The van der Waals surface area contributed by atoms with Crippen molar-refractivity contribution in [3.05, 3.63) is 16.1 Å². The molecule has 1 aromatic heterocycles. The van der Waals surface area contributed by atoms with Gasteiger partial charge in [0, 0.05) is 19.1 Å². The van der Waals surface area contributed by atoms with E-state index in [0.717, 1.165) is 0 Å². The fraction of sp³-hybridized carbons (Fsp3) is 0.600. The van der Waals surface area contributed by atoms with Crippen LogP contribution in [0.25, 0.3) is 0 Å².